The highest BCUT2D eigenvalue weighted by Gasteiger charge is 2.29. The van der Waals surface area contributed by atoms with Crippen LogP contribution in [0.4, 0.5) is 29.3 Å². The lowest BCUT2D eigenvalue weighted by Crippen LogP contribution is -2.37. The van der Waals surface area contributed by atoms with Crippen molar-refractivity contribution in [3.63, 3.8) is 0 Å². The monoisotopic (exact) mass is 656 g/mol. The van der Waals surface area contributed by atoms with E-state index in [1.807, 2.05) is 23.0 Å². The maximum absolute atomic E-state index is 13.5. The molecule has 2 aromatic carbocycles. The van der Waals surface area contributed by atoms with Crippen LogP contribution in [0.1, 0.15) is 37.4 Å². The third kappa shape index (κ3) is 8.49. The number of carbonyl (C=O) groups is 3. The summed E-state index contributed by atoms with van der Waals surface area (Å²) in [4.78, 5) is 40.7. The van der Waals surface area contributed by atoms with Crippen LogP contribution >= 0.6 is 11.8 Å². The Balaban J connectivity index is 1.39. The molecule has 0 spiro atoms. The number of esters is 1. The summed E-state index contributed by atoms with van der Waals surface area (Å²) in [7, 11) is 3.49. The number of alkyl halides is 3. The molecule has 1 atom stereocenters. The Hall–Kier alpha value is -4.30. The number of rotatable bonds is 12. The van der Waals surface area contributed by atoms with Crippen molar-refractivity contribution in [3.8, 4) is 11.1 Å². The smallest absolute Gasteiger partial charge is 0.446 e. The van der Waals surface area contributed by atoms with Crippen LogP contribution in [-0.2, 0) is 16.1 Å². The highest BCUT2D eigenvalue weighted by atomic mass is 32.2. The molecule has 14 heteroatoms. The van der Waals surface area contributed by atoms with Crippen molar-refractivity contribution in [3.05, 3.63) is 61.1 Å². The van der Waals surface area contributed by atoms with Gasteiger partial charge in [-0.05, 0) is 99.9 Å². The van der Waals surface area contributed by atoms with E-state index in [2.05, 4.69) is 15.7 Å². The maximum atomic E-state index is 13.5. The number of aromatic nitrogens is 3. The van der Waals surface area contributed by atoms with Gasteiger partial charge in [-0.15, -0.1) is 0 Å². The molecule has 0 radical (unpaired) electrons. The first-order valence-corrected chi connectivity index (χ1v) is 15.7. The van der Waals surface area contributed by atoms with Gasteiger partial charge in [0, 0.05) is 46.9 Å². The van der Waals surface area contributed by atoms with Gasteiger partial charge < -0.3 is 15.4 Å². The van der Waals surface area contributed by atoms with E-state index in [0.717, 1.165) is 17.7 Å². The number of nitrogens with zero attached hydrogens (tertiary/aromatic N) is 4. The number of hydrogen-bond acceptors (Lipinski definition) is 7. The first-order chi connectivity index (χ1) is 21.9. The number of urea groups is 1. The Morgan fingerprint density at radius 3 is 2.46 bits per heavy atom. The Bertz CT molecular complexity index is 1710. The standard InChI is InChI=1S/C32H35F3N6O4S/c1-4-45-30(43)28(39(2)3)13-14-29(42)41-19-26(38-31(44)37-23-8-10-24(11-9-23)46-32(33,34)35)25-15-21(7-12-27(25)41)22-16-36-40(18-22)17-20-5-6-20/h7-12,15-16,18-20,28H,4-6,13-14,17H2,1-3H3,(H2,37,38,44). The number of thioether (sulfide) groups is 1. The fourth-order valence-electron chi connectivity index (χ4n) is 5.12. The molecule has 1 unspecified atom stereocenters. The molecular formula is C32H35F3N6O4S. The summed E-state index contributed by atoms with van der Waals surface area (Å²) < 4.78 is 46.6. The second-order valence-corrected chi connectivity index (χ2v) is 12.5. The fourth-order valence-corrected chi connectivity index (χ4v) is 5.66. The van der Waals surface area contributed by atoms with Crippen LogP contribution in [0, 0.1) is 5.92 Å². The summed E-state index contributed by atoms with van der Waals surface area (Å²) in [6.07, 6.45) is 7.95. The van der Waals surface area contributed by atoms with Crippen LogP contribution in [-0.4, -0.2) is 69.4 Å². The molecule has 0 bridgehead atoms. The van der Waals surface area contributed by atoms with Crippen molar-refractivity contribution >= 4 is 51.9 Å². The van der Waals surface area contributed by atoms with E-state index in [-0.39, 0.29) is 42.0 Å². The topological polar surface area (TPSA) is 110 Å². The predicted octanol–water partition coefficient (Wildman–Crippen LogP) is 7.08. The van der Waals surface area contributed by atoms with E-state index >= 15 is 0 Å². The second kappa shape index (κ2) is 14.0. The average molecular weight is 657 g/mol. The number of halogens is 3. The van der Waals surface area contributed by atoms with Gasteiger partial charge in [-0.25, -0.2) is 4.79 Å². The van der Waals surface area contributed by atoms with Crippen LogP contribution < -0.4 is 10.6 Å². The largest absolute Gasteiger partial charge is 0.465 e. The number of nitrogens with one attached hydrogen (secondary N) is 2. The van der Waals surface area contributed by atoms with Crippen molar-refractivity contribution in [2.24, 2.45) is 5.92 Å². The highest BCUT2D eigenvalue weighted by molar-refractivity contribution is 8.00. The summed E-state index contributed by atoms with van der Waals surface area (Å²) >= 11 is -0.242. The van der Waals surface area contributed by atoms with E-state index < -0.39 is 23.6 Å². The molecule has 10 nitrogen and oxygen atoms in total. The molecule has 5 rings (SSSR count). The molecule has 46 heavy (non-hydrogen) atoms. The van der Waals surface area contributed by atoms with Gasteiger partial charge in [-0.1, -0.05) is 6.07 Å². The summed E-state index contributed by atoms with van der Waals surface area (Å²) in [5.41, 5.74) is -1.49. The number of fused-ring (bicyclic) bond motifs is 1. The minimum Gasteiger partial charge on any atom is -0.465 e. The number of amides is 2. The quantitative estimate of drug-likeness (QED) is 0.124. The molecule has 2 heterocycles. The minimum absolute atomic E-state index is 0.00696. The molecule has 0 saturated heterocycles. The number of hydrogen-bond donors (Lipinski definition) is 2. The molecular weight excluding hydrogens is 621 g/mol. The SMILES string of the molecule is CCOC(=O)C(CCC(=O)n1cc(NC(=O)Nc2ccc(SC(F)(F)F)cc2)c2cc(-c3cnn(CC4CC4)c3)ccc21)N(C)C. The van der Waals surface area contributed by atoms with Crippen LogP contribution in [0.2, 0.25) is 0 Å². The Kier molecular flexibility index (Phi) is 10.1. The summed E-state index contributed by atoms with van der Waals surface area (Å²) in [5.74, 6) is -0.0360. The molecule has 4 aromatic rings. The minimum atomic E-state index is -4.42. The number of benzene rings is 2. The van der Waals surface area contributed by atoms with E-state index in [9.17, 15) is 27.6 Å². The first kappa shape index (κ1) is 33.1. The lowest BCUT2D eigenvalue weighted by atomic mass is 10.1. The third-order valence-electron chi connectivity index (χ3n) is 7.59. The molecule has 1 saturated carbocycles. The highest BCUT2D eigenvalue weighted by Crippen LogP contribution is 2.37. The van der Waals surface area contributed by atoms with Crippen LogP contribution in [0.5, 0.6) is 0 Å². The predicted molar refractivity (Wildman–Crippen MR) is 171 cm³/mol. The molecule has 2 aromatic heterocycles. The zero-order valence-corrected chi connectivity index (χ0v) is 26.5. The number of likely N-dealkylation sites (N-methyl/N-ethyl adjacent to an activating group) is 1. The average Bonchev–Trinajstić information content (AvgIpc) is 3.56. The molecule has 2 N–H and O–H groups in total. The number of ether oxygens (including phenoxy) is 1. The van der Waals surface area contributed by atoms with Crippen molar-refractivity contribution in [2.75, 3.05) is 31.3 Å². The molecule has 2 amide bonds. The van der Waals surface area contributed by atoms with Crippen molar-refractivity contribution in [2.45, 2.75) is 55.6 Å². The fraction of sp³-hybridized carbons (Fsp3) is 0.375. The van der Waals surface area contributed by atoms with Crippen molar-refractivity contribution < 1.29 is 32.3 Å². The van der Waals surface area contributed by atoms with E-state index in [4.69, 9.17) is 4.74 Å². The summed E-state index contributed by atoms with van der Waals surface area (Å²) in [6, 6.07) is 9.61. The lowest BCUT2D eigenvalue weighted by molar-refractivity contribution is -0.148. The van der Waals surface area contributed by atoms with Crippen molar-refractivity contribution in [1.29, 1.82) is 0 Å². The Labute approximate surface area is 268 Å². The Morgan fingerprint density at radius 2 is 1.80 bits per heavy atom. The van der Waals surface area contributed by atoms with Gasteiger partial charge in [0.1, 0.15) is 6.04 Å². The molecule has 244 valence electrons. The van der Waals surface area contributed by atoms with E-state index in [1.165, 1.54) is 47.9 Å². The summed E-state index contributed by atoms with van der Waals surface area (Å²) in [5, 5.41) is 10.5. The normalized spacial score (nSPS) is 14.0. The van der Waals surface area contributed by atoms with Crippen LogP contribution in [0.25, 0.3) is 22.0 Å². The van der Waals surface area contributed by atoms with Gasteiger partial charge in [-0.3, -0.25) is 23.7 Å². The van der Waals surface area contributed by atoms with Gasteiger partial charge in [0.15, 0.2) is 0 Å². The van der Waals surface area contributed by atoms with Gasteiger partial charge >= 0.3 is 17.5 Å². The zero-order valence-electron chi connectivity index (χ0n) is 25.6. The van der Waals surface area contributed by atoms with Gasteiger partial charge in [0.25, 0.3) is 0 Å². The third-order valence-corrected chi connectivity index (χ3v) is 8.33. The number of carbonyl (C=O) groups excluding carboxylic acids is 3. The van der Waals surface area contributed by atoms with Gasteiger partial charge in [0.2, 0.25) is 5.91 Å². The Morgan fingerprint density at radius 1 is 1.07 bits per heavy atom. The van der Waals surface area contributed by atoms with Crippen LogP contribution in [0.15, 0.2) is 66.0 Å². The molecule has 1 aliphatic rings. The summed E-state index contributed by atoms with van der Waals surface area (Å²) in [6.45, 7) is 2.81. The zero-order chi connectivity index (χ0) is 33.0. The maximum Gasteiger partial charge on any atom is 0.446 e. The van der Waals surface area contributed by atoms with Gasteiger partial charge in [-0.2, -0.15) is 18.3 Å². The van der Waals surface area contributed by atoms with E-state index in [0.29, 0.717) is 28.2 Å². The molecule has 0 aliphatic heterocycles. The molecule has 1 fully saturated rings. The lowest BCUT2D eigenvalue weighted by Gasteiger charge is -2.22. The second-order valence-electron chi connectivity index (χ2n) is 11.4. The number of anilines is 2. The first-order valence-electron chi connectivity index (χ1n) is 14.9. The van der Waals surface area contributed by atoms with Gasteiger partial charge in [0.05, 0.1) is 24.0 Å². The molecule has 1 aliphatic carbocycles. The van der Waals surface area contributed by atoms with Crippen molar-refractivity contribution in [1.82, 2.24) is 19.2 Å². The van der Waals surface area contributed by atoms with E-state index in [1.54, 1.807) is 38.2 Å². The van der Waals surface area contributed by atoms with Crippen LogP contribution in [0.3, 0.4) is 0 Å².